The maximum atomic E-state index is 11.7. The van der Waals surface area contributed by atoms with E-state index in [4.69, 9.17) is 9.88 Å². The fourth-order valence-corrected chi connectivity index (χ4v) is 1.45. The molecule has 19 heavy (non-hydrogen) atoms. The first-order chi connectivity index (χ1) is 8.21. The Morgan fingerprint density at radius 1 is 1.21 bits per heavy atom. The second-order valence-corrected chi connectivity index (χ2v) is 7.56. The third-order valence-electron chi connectivity index (χ3n) is 2.14. The lowest BCUT2D eigenvalue weighted by Gasteiger charge is -2.31. The van der Waals surface area contributed by atoms with E-state index in [-0.39, 0.29) is 6.61 Å². The number of alkyl carbamates (subject to hydrolysis) is 1. The van der Waals surface area contributed by atoms with Gasteiger partial charge in [-0.3, -0.25) is 4.18 Å². The molecule has 114 valence electrons. The molecule has 1 atom stereocenters. The van der Waals surface area contributed by atoms with E-state index < -0.39 is 33.5 Å². The van der Waals surface area contributed by atoms with Gasteiger partial charge in [-0.05, 0) is 26.2 Å². The second kappa shape index (κ2) is 6.06. The van der Waals surface area contributed by atoms with E-state index >= 15 is 0 Å². The largest absolute Gasteiger partial charge is 0.444 e. The van der Waals surface area contributed by atoms with Crippen molar-refractivity contribution in [2.75, 3.05) is 6.61 Å². The monoisotopic (exact) mass is 296 g/mol. The smallest absolute Gasteiger partial charge is 0.407 e. The van der Waals surface area contributed by atoms with Crippen LogP contribution in [0.5, 0.6) is 0 Å². The summed E-state index contributed by atoms with van der Waals surface area (Å²) in [5.74, 6) is 0. The fourth-order valence-electron chi connectivity index (χ4n) is 1.12. The van der Waals surface area contributed by atoms with Crippen molar-refractivity contribution < 1.29 is 22.1 Å². The highest BCUT2D eigenvalue weighted by molar-refractivity contribution is 7.84. The first-order valence-corrected chi connectivity index (χ1v) is 7.34. The Morgan fingerprint density at radius 2 is 1.68 bits per heavy atom. The van der Waals surface area contributed by atoms with Crippen LogP contribution in [0.1, 0.15) is 41.5 Å². The van der Waals surface area contributed by atoms with Crippen molar-refractivity contribution in [2.24, 2.45) is 10.6 Å². The van der Waals surface area contributed by atoms with E-state index in [0.29, 0.717) is 0 Å². The molecule has 0 fully saturated rings. The van der Waals surface area contributed by atoms with Gasteiger partial charge in [0.15, 0.2) is 0 Å². The van der Waals surface area contributed by atoms with Gasteiger partial charge in [-0.1, -0.05) is 20.8 Å². The highest BCUT2D eigenvalue weighted by Crippen LogP contribution is 2.20. The average molecular weight is 296 g/mol. The van der Waals surface area contributed by atoms with Crippen LogP contribution < -0.4 is 10.5 Å². The van der Waals surface area contributed by atoms with Crippen LogP contribution in [0.4, 0.5) is 4.79 Å². The molecular formula is C11H24N2O5S. The van der Waals surface area contributed by atoms with Crippen LogP contribution in [0, 0.1) is 5.41 Å². The molecule has 0 aliphatic carbocycles. The van der Waals surface area contributed by atoms with Crippen LogP contribution in [0.2, 0.25) is 0 Å². The highest BCUT2D eigenvalue weighted by Gasteiger charge is 2.29. The summed E-state index contributed by atoms with van der Waals surface area (Å²) in [5, 5.41) is 7.35. The molecule has 1 unspecified atom stereocenters. The lowest BCUT2D eigenvalue weighted by Crippen LogP contribution is -2.49. The lowest BCUT2D eigenvalue weighted by molar-refractivity contribution is 0.0431. The first-order valence-electron chi connectivity index (χ1n) is 5.87. The average Bonchev–Trinajstić information content (AvgIpc) is 2.05. The Labute approximate surface area is 115 Å². The van der Waals surface area contributed by atoms with Gasteiger partial charge in [-0.2, -0.15) is 8.42 Å². The maximum Gasteiger partial charge on any atom is 0.407 e. The molecule has 0 aromatic carbocycles. The van der Waals surface area contributed by atoms with Gasteiger partial charge in [0.1, 0.15) is 5.60 Å². The Bertz CT molecular complexity index is 406. The molecule has 7 nitrogen and oxygen atoms in total. The van der Waals surface area contributed by atoms with E-state index in [0.717, 1.165) is 0 Å². The van der Waals surface area contributed by atoms with Gasteiger partial charge in [0.25, 0.3) is 0 Å². The minimum atomic E-state index is -4.04. The number of amides is 1. The molecule has 8 heteroatoms. The fraction of sp³-hybridized carbons (Fsp3) is 0.909. The number of rotatable bonds is 4. The number of ether oxygens (including phenoxy) is 1. The van der Waals surface area contributed by atoms with Gasteiger partial charge < -0.3 is 10.1 Å². The standard InChI is InChI=1S/C11H24N2O5S/c1-10(2,3)8(7-17-19(12,15)16)13-9(14)18-11(4,5)6/h8H,7H2,1-6H3,(H,13,14)(H2,12,15,16). The molecular weight excluding hydrogens is 272 g/mol. The second-order valence-electron chi connectivity index (χ2n) is 6.34. The summed E-state index contributed by atoms with van der Waals surface area (Å²) < 4.78 is 31.2. The molecule has 0 rings (SSSR count). The Hall–Kier alpha value is -0.860. The van der Waals surface area contributed by atoms with Gasteiger partial charge in [-0.15, -0.1) is 0 Å². The molecule has 0 aliphatic heterocycles. The predicted octanol–water partition coefficient (Wildman–Crippen LogP) is 1.15. The quantitative estimate of drug-likeness (QED) is 0.809. The molecule has 3 N–H and O–H groups in total. The summed E-state index contributed by atoms with van der Waals surface area (Å²) in [7, 11) is -4.04. The molecule has 0 aromatic rings. The Balaban J connectivity index is 4.67. The van der Waals surface area contributed by atoms with Gasteiger partial charge in [0.2, 0.25) is 0 Å². The van der Waals surface area contributed by atoms with E-state index in [2.05, 4.69) is 9.50 Å². The summed E-state index contributed by atoms with van der Waals surface area (Å²) >= 11 is 0. The molecule has 0 bridgehead atoms. The zero-order valence-electron chi connectivity index (χ0n) is 12.3. The van der Waals surface area contributed by atoms with Crippen molar-refractivity contribution in [3.05, 3.63) is 0 Å². The van der Waals surface area contributed by atoms with Crippen molar-refractivity contribution in [2.45, 2.75) is 53.2 Å². The van der Waals surface area contributed by atoms with Crippen LogP contribution >= 0.6 is 0 Å². The van der Waals surface area contributed by atoms with Crippen molar-refractivity contribution in [1.29, 1.82) is 0 Å². The Morgan fingerprint density at radius 3 is 2.00 bits per heavy atom. The van der Waals surface area contributed by atoms with Crippen LogP contribution in [-0.2, 0) is 19.2 Å². The Kier molecular flexibility index (Phi) is 5.79. The minimum Gasteiger partial charge on any atom is -0.444 e. The van der Waals surface area contributed by atoms with Crippen LogP contribution in [0.3, 0.4) is 0 Å². The summed E-state index contributed by atoms with van der Waals surface area (Å²) in [5.41, 5.74) is -1.05. The highest BCUT2D eigenvalue weighted by atomic mass is 32.2. The molecule has 0 aliphatic rings. The molecule has 0 saturated carbocycles. The lowest BCUT2D eigenvalue weighted by atomic mass is 9.87. The maximum absolute atomic E-state index is 11.7. The molecule has 0 aromatic heterocycles. The van der Waals surface area contributed by atoms with E-state index in [9.17, 15) is 13.2 Å². The molecule has 0 spiro atoms. The number of hydrogen-bond donors (Lipinski definition) is 2. The topological polar surface area (TPSA) is 108 Å². The molecule has 0 heterocycles. The van der Waals surface area contributed by atoms with Gasteiger partial charge in [0, 0.05) is 0 Å². The molecule has 1 amide bonds. The first kappa shape index (κ1) is 18.1. The van der Waals surface area contributed by atoms with E-state index in [1.54, 1.807) is 20.8 Å². The van der Waals surface area contributed by atoms with E-state index in [1.165, 1.54) is 0 Å². The molecule has 0 radical (unpaired) electrons. The SMILES string of the molecule is CC(C)(C)OC(=O)NC(COS(N)(=O)=O)C(C)(C)C. The summed E-state index contributed by atoms with van der Waals surface area (Å²) in [6, 6.07) is -0.555. The summed E-state index contributed by atoms with van der Waals surface area (Å²) in [6.45, 7) is 10.5. The van der Waals surface area contributed by atoms with Gasteiger partial charge in [-0.25, -0.2) is 9.93 Å². The summed E-state index contributed by atoms with van der Waals surface area (Å²) in [6.07, 6.45) is -0.634. The summed E-state index contributed by atoms with van der Waals surface area (Å²) in [4.78, 5) is 11.7. The molecule has 0 saturated heterocycles. The van der Waals surface area contributed by atoms with Crippen molar-refractivity contribution in [1.82, 2.24) is 5.32 Å². The van der Waals surface area contributed by atoms with Crippen molar-refractivity contribution in [3.8, 4) is 0 Å². The van der Waals surface area contributed by atoms with Crippen LogP contribution in [-0.4, -0.2) is 32.8 Å². The number of nitrogens with two attached hydrogens (primary N) is 1. The third-order valence-corrected chi connectivity index (χ3v) is 2.60. The zero-order valence-corrected chi connectivity index (χ0v) is 13.1. The van der Waals surface area contributed by atoms with Crippen molar-refractivity contribution >= 4 is 16.4 Å². The van der Waals surface area contributed by atoms with Gasteiger partial charge >= 0.3 is 16.4 Å². The third kappa shape index (κ3) is 9.69. The normalized spacial score (nSPS) is 14.9. The number of carbonyl (C=O) groups is 1. The number of hydrogen-bond acceptors (Lipinski definition) is 5. The number of carbonyl (C=O) groups excluding carboxylic acids is 1. The predicted molar refractivity (Wildman–Crippen MR) is 71.7 cm³/mol. The minimum absolute atomic E-state index is 0.248. The number of nitrogens with one attached hydrogen (secondary N) is 1. The van der Waals surface area contributed by atoms with Crippen LogP contribution in [0.25, 0.3) is 0 Å². The van der Waals surface area contributed by atoms with Crippen molar-refractivity contribution in [3.63, 3.8) is 0 Å². The van der Waals surface area contributed by atoms with E-state index in [1.807, 2.05) is 20.8 Å². The van der Waals surface area contributed by atoms with Crippen LogP contribution in [0.15, 0.2) is 0 Å². The zero-order chi connectivity index (χ0) is 15.5. The van der Waals surface area contributed by atoms with Gasteiger partial charge in [0.05, 0.1) is 12.6 Å².